The van der Waals surface area contributed by atoms with Crippen LogP contribution in [0.15, 0.2) is 70.0 Å². The van der Waals surface area contributed by atoms with E-state index in [1.165, 1.54) is 60.7 Å². The molecule has 0 saturated heterocycles. The molecule has 2 heterocycles. The summed E-state index contributed by atoms with van der Waals surface area (Å²) in [5, 5.41) is 10.5. The number of carbonyl (C=O) groups is 1. The van der Waals surface area contributed by atoms with E-state index in [2.05, 4.69) is 20.6 Å². The fraction of sp³-hybridized carbons (Fsp3) is 0.0500. The summed E-state index contributed by atoms with van der Waals surface area (Å²) >= 11 is 0. The molecule has 10 heteroatoms. The molecule has 0 bridgehead atoms. The van der Waals surface area contributed by atoms with Gasteiger partial charge in [0.05, 0.1) is 0 Å². The summed E-state index contributed by atoms with van der Waals surface area (Å²) in [6.07, 6.45) is 0. The fourth-order valence-electron chi connectivity index (χ4n) is 2.59. The molecule has 2 aromatic heterocycles. The van der Waals surface area contributed by atoms with Gasteiger partial charge in [-0.15, -0.1) is 0 Å². The molecular weight excluding hydrogens is 396 g/mol. The molecule has 150 valence electrons. The number of benzene rings is 2. The van der Waals surface area contributed by atoms with Crippen LogP contribution in [0.3, 0.4) is 0 Å². The first kappa shape index (κ1) is 19.1. The molecule has 0 saturated carbocycles. The third kappa shape index (κ3) is 4.27. The van der Waals surface area contributed by atoms with E-state index in [9.17, 15) is 18.4 Å². The molecule has 4 rings (SSSR count). The molecular formula is C20H13F2N5O3. The molecule has 2 aromatic carbocycles. The van der Waals surface area contributed by atoms with Gasteiger partial charge in [-0.2, -0.15) is 10.1 Å². The summed E-state index contributed by atoms with van der Waals surface area (Å²) in [5.41, 5.74) is 0.598. The Hall–Kier alpha value is -4.21. The number of aromatic nitrogens is 4. The Kier molecular flexibility index (Phi) is 5.12. The number of amides is 1. The second-order valence-electron chi connectivity index (χ2n) is 6.20. The van der Waals surface area contributed by atoms with Crippen molar-refractivity contribution in [2.24, 2.45) is 0 Å². The van der Waals surface area contributed by atoms with Crippen molar-refractivity contribution in [2.45, 2.75) is 6.54 Å². The number of hydrogen-bond acceptors (Lipinski definition) is 6. The van der Waals surface area contributed by atoms with Crippen LogP contribution < -0.4 is 10.9 Å². The van der Waals surface area contributed by atoms with Crippen LogP contribution in [-0.2, 0) is 11.3 Å². The van der Waals surface area contributed by atoms with Crippen LogP contribution in [0.25, 0.3) is 23.0 Å². The van der Waals surface area contributed by atoms with Crippen molar-refractivity contribution in [3.8, 4) is 23.0 Å². The van der Waals surface area contributed by atoms with E-state index in [-0.39, 0.29) is 24.0 Å². The average molecular weight is 409 g/mol. The van der Waals surface area contributed by atoms with Crippen molar-refractivity contribution in [1.82, 2.24) is 19.9 Å². The molecule has 0 aliphatic rings. The van der Waals surface area contributed by atoms with E-state index < -0.39 is 23.1 Å². The lowest BCUT2D eigenvalue weighted by atomic mass is 10.2. The van der Waals surface area contributed by atoms with Gasteiger partial charge in [0.1, 0.15) is 23.9 Å². The molecule has 1 N–H and O–H groups in total. The van der Waals surface area contributed by atoms with Crippen LogP contribution in [0.4, 0.5) is 14.5 Å². The standard InChI is InChI=1S/C20H13F2N5O3/c21-13-3-1-12(2-4-13)19-24-20(30-26-19)16-9-10-18(29)27(25-16)11-17(28)23-15-7-5-14(22)6-8-15/h1-10H,11H2,(H,23,28). The molecule has 0 unspecified atom stereocenters. The molecule has 0 fully saturated rings. The predicted octanol–water partition coefficient (Wildman–Crippen LogP) is 2.88. The Morgan fingerprint density at radius 2 is 1.63 bits per heavy atom. The van der Waals surface area contributed by atoms with Crippen molar-refractivity contribution < 1.29 is 18.1 Å². The lowest BCUT2D eigenvalue weighted by Gasteiger charge is -2.07. The lowest BCUT2D eigenvalue weighted by molar-refractivity contribution is -0.117. The van der Waals surface area contributed by atoms with Crippen molar-refractivity contribution >= 4 is 11.6 Å². The van der Waals surface area contributed by atoms with Crippen molar-refractivity contribution in [3.63, 3.8) is 0 Å². The van der Waals surface area contributed by atoms with Gasteiger partial charge in [0.15, 0.2) is 0 Å². The third-order valence-electron chi connectivity index (χ3n) is 4.04. The topological polar surface area (TPSA) is 103 Å². The maximum absolute atomic E-state index is 13.1. The highest BCUT2D eigenvalue weighted by Gasteiger charge is 2.14. The molecule has 0 aliphatic heterocycles. The normalized spacial score (nSPS) is 10.7. The Labute approximate surface area is 167 Å². The zero-order chi connectivity index (χ0) is 21.1. The zero-order valence-electron chi connectivity index (χ0n) is 15.3. The van der Waals surface area contributed by atoms with Crippen LogP contribution >= 0.6 is 0 Å². The number of anilines is 1. The van der Waals surface area contributed by atoms with E-state index in [1.54, 1.807) is 0 Å². The van der Waals surface area contributed by atoms with Gasteiger partial charge in [-0.3, -0.25) is 9.59 Å². The summed E-state index contributed by atoms with van der Waals surface area (Å²) in [4.78, 5) is 28.5. The highest BCUT2D eigenvalue weighted by atomic mass is 19.1. The van der Waals surface area contributed by atoms with Gasteiger partial charge < -0.3 is 9.84 Å². The lowest BCUT2D eigenvalue weighted by Crippen LogP contribution is -2.29. The molecule has 0 spiro atoms. The second-order valence-corrected chi connectivity index (χ2v) is 6.20. The Bertz CT molecular complexity index is 1250. The molecule has 1 amide bonds. The molecule has 0 atom stereocenters. The molecule has 0 radical (unpaired) electrons. The highest BCUT2D eigenvalue weighted by molar-refractivity contribution is 5.90. The van der Waals surface area contributed by atoms with Crippen LogP contribution in [-0.4, -0.2) is 25.8 Å². The number of nitrogens with one attached hydrogen (secondary N) is 1. The van der Waals surface area contributed by atoms with Crippen molar-refractivity contribution in [2.75, 3.05) is 5.32 Å². The van der Waals surface area contributed by atoms with Gasteiger partial charge in [0.2, 0.25) is 11.7 Å². The quantitative estimate of drug-likeness (QED) is 0.544. The zero-order valence-corrected chi connectivity index (χ0v) is 15.3. The Morgan fingerprint density at radius 1 is 0.967 bits per heavy atom. The van der Waals surface area contributed by atoms with Gasteiger partial charge in [-0.05, 0) is 54.6 Å². The number of hydrogen-bond donors (Lipinski definition) is 1. The minimum atomic E-state index is -0.522. The van der Waals surface area contributed by atoms with Gasteiger partial charge in [-0.25, -0.2) is 13.5 Å². The average Bonchev–Trinajstić information content (AvgIpc) is 3.22. The summed E-state index contributed by atoms with van der Waals surface area (Å²) in [6, 6.07) is 13.3. The Morgan fingerprint density at radius 3 is 2.33 bits per heavy atom. The van der Waals surface area contributed by atoms with Gasteiger partial charge in [0.25, 0.3) is 11.4 Å². The predicted molar refractivity (Wildman–Crippen MR) is 102 cm³/mol. The first-order chi connectivity index (χ1) is 14.5. The van der Waals surface area contributed by atoms with E-state index in [0.29, 0.717) is 11.3 Å². The maximum Gasteiger partial charge on any atom is 0.278 e. The van der Waals surface area contributed by atoms with Crippen LogP contribution in [0, 0.1) is 11.6 Å². The van der Waals surface area contributed by atoms with Gasteiger partial charge in [-0.1, -0.05) is 5.16 Å². The van der Waals surface area contributed by atoms with Crippen LogP contribution in [0.1, 0.15) is 0 Å². The summed E-state index contributed by atoms with van der Waals surface area (Å²) in [5.74, 6) is -1.10. The number of nitrogens with zero attached hydrogens (tertiary/aromatic N) is 4. The molecule has 0 aliphatic carbocycles. The fourth-order valence-corrected chi connectivity index (χ4v) is 2.59. The summed E-state index contributed by atoms with van der Waals surface area (Å²) < 4.78 is 32.1. The van der Waals surface area contributed by atoms with Crippen molar-refractivity contribution in [3.05, 3.63) is 82.7 Å². The summed E-state index contributed by atoms with van der Waals surface area (Å²) in [7, 11) is 0. The first-order valence-corrected chi connectivity index (χ1v) is 8.71. The third-order valence-corrected chi connectivity index (χ3v) is 4.04. The number of halogens is 2. The number of carbonyl (C=O) groups excluding carboxylic acids is 1. The van der Waals surface area contributed by atoms with Crippen LogP contribution in [0.2, 0.25) is 0 Å². The molecule has 4 aromatic rings. The smallest absolute Gasteiger partial charge is 0.278 e. The molecule has 8 nitrogen and oxygen atoms in total. The van der Waals surface area contributed by atoms with Gasteiger partial charge >= 0.3 is 0 Å². The number of rotatable bonds is 5. The summed E-state index contributed by atoms with van der Waals surface area (Å²) in [6.45, 7) is -0.372. The van der Waals surface area contributed by atoms with E-state index in [0.717, 1.165) is 4.68 Å². The minimum Gasteiger partial charge on any atom is -0.332 e. The van der Waals surface area contributed by atoms with E-state index in [1.807, 2.05) is 0 Å². The van der Waals surface area contributed by atoms with Crippen molar-refractivity contribution in [1.29, 1.82) is 0 Å². The highest BCUT2D eigenvalue weighted by Crippen LogP contribution is 2.20. The van der Waals surface area contributed by atoms with E-state index in [4.69, 9.17) is 4.52 Å². The van der Waals surface area contributed by atoms with Gasteiger partial charge in [0, 0.05) is 17.3 Å². The maximum atomic E-state index is 13.1. The van der Waals surface area contributed by atoms with E-state index >= 15 is 0 Å². The SMILES string of the molecule is O=C(Cn1nc(-c2nc(-c3ccc(F)cc3)no2)ccc1=O)Nc1ccc(F)cc1. The molecule has 30 heavy (non-hydrogen) atoms. The largest absolute Gasteiger partial charge is 0.332 e. The first-order valence-electron chi connectivity index (χ1n) is 8.71. The monoisotopic (exact) mass is 409 g/mol. The minimum absolute atomic E-state index is 0.0296. The second kappa shape index (κ2) is 8.03. The Balaban J connectivity index is 1.53. The van der Waals surface area contributed by atoms with Crippen LogP contribution in [0.5, 0.6) is 0 Å².